The van der Waals surface area contributed by atoms with Crippen LogP contribution in [0.4, 0.5) is 0 Å². The predicted octanol–water partition coefficient (Wildman–Crippen LogP) is 2.92. The molecule has 0 N–H and O–H groups in total. The van der Waals surface area contributed by atoms with Gasteiger partial charge in [-0.25, -0.2) is 0 Å². The van der Waals surface area contributed by atoms with E-state index in [1.54, 1.807) is 0 Å². The van der Waals surface area contributed by atoms with Gasteiger partial charge in [0, 0.05) is 24.9 Å². The number of piperidine rings is 1. The number of hydrogen-bond acceptors (Lipinski definition) is 4. The van der Waals surface area contributed by atoms with E-state index in [-0.39, 0.29) is 29.0 Å². The van der Waals surface area contributed by atoms with Gasteiger partial charge >= 0.3 is 5.97 Å². The lowest BCUT2D eigenvalue weighted by atomic mass is 9.87. The molecule has 5 nitrogen and oxygen atoms in total. The fourth-order valence-electron chi connectivity index (χ4n) is 3.66. The number of ether oxygens (including phenoxy) is 2. The Labute approximate surface area is 139 Å². The minimum Gasteiger partial charge on any atom is -0.466 e. The van der Waals surface area contributed by atoms with Crippen molar-refractivity contribution < 1.29 is 19.1 Å². The van der Waals surface area contributed by atoms with E-state index in [0.717, 1.165) is 32.2 Å². The molecule has 2 aliphatic heterocycles. The quantitative estimate of drug-likeness (QED) is 0.746. The Balaban J connectivity index is 1.88. The van der Waals surface area contributed by atoms with E-state index in [9.17, 15) is 9.59 Å². The molecule has 1 amide bonds. The van der Waals surface area contributed by atoms with Gasteiger partial charge in [0.05, 0.1) is 18.3 Å². The second-order valence-corrected chi connectivity index (χ2v) is 7.89. The minimum absolute atomic E-state index is 0.115. The van der Waals surface area contributed by atoms with Gasteiger partial charge in [0.2, 0.25) is 5.91 Å². The molecule has 2 saturated heterocycles. The third-order valence-corrected chi connectivity index (χ3v) is 4.78. The first kappa shape index (κ1) is 18.2. The molecule has 0 radical (unpaired) electrons. The molecule has 0 aromatic rings. The summed E-state index contributed by atoms with van der Waals surface area (Å²) in [6.45, 7) is 9.67. The Morgan fingerprint density at radius 3 is 2.70 bits per heavy atom. The van der Waals surface area contributed by atoms with Crippen LogP contribution in [0.5, 0.6) is 0 Å². The molecule has 0 saturated carbocycles. The molecule has 23 heavy (non-hydrogen) atoms. The van der Waals surface area contributed by atoms with Crippen LogP contribution in [0, 0.1) is 5.41 Å². The highest BCUT2D eigenvalue weighted by molar-refractivity contribution is 5.81. The lowest BCUT2D eigenvalue weighted by Crippen LogP contribution is -2.53. The number of esters is 1. The zero-order valence-corrected chi connectivity index (χ0v) is 15.0. The lowest BCUT2D eigenvalue weighted by Gasteiger charge is -2.42. The molecule has 2 rings (SSSR count). The summed E-state index contributed by atoms with van der Waals surface area (Å²) < 4.78 is 11.3. The molecule has 1 spiro atoms. The highest BCUT2D eigenvalue weighted by Gasteiger charge is 2.45. The number of amides is 1. The highest BCUT2D eigenvalue weighted by atomic mass is 16.5. The van der Waals surface area contributed by atoms with Crippen LogP contribution in [0.2, 0.25) is 0 Å². The summed E-state index contributed by atoms with van der Waals surface area (Å²) in [5.41, 5.74) is -0.543. The Bertz CT molecular complexity index is 443. The molecule has 132 valence electrons. The maximum Gasteiger partial charge on any atom is 0.305 e. The van der Waals surface area contributed by atoms with Crippen molar-refractivity contribution >= 4 is 11.9 Å². The van der Waals surface area contributed by atoms with E-state index in [1.165, 1.54) is 0 Å². The summed E-state index contributed by atoms with van der Waals surface area (Å²) in [5, 5.41) is 0. The fourth-order valence-corrected chi connectivity index (χ4v) is 3.66. The molecule has 0 unspecified atom stereocenters. The highest BCUT2D eigenvalue weighted by Crippen LogP contribution is 2.39. The van der Waals surface area contributed by atoms with E-state index in [0.29, 0.717) is 26.0 Å². The maximum absolute atomic E-state index is 12.5. The van der Waals surface area contributed by atoms with Crippen molar-refractivity contribution in [2.24, 2.45) is 5.41 Å². The van der Waals surface area contributed by atoms with Crippen molar-refractivity contribution in [3.8, 4) is 0 Å². The van der Waals surface area contributed by atoms with E-state index in [4.69, 9.17) is 9.47 Å². The molecule has 0 aliphatic carbocycles. The third-order valence-electron chi connectivity index (χ3n) is 4.78. The zero-order valence-electron chi connectivity index (χ0n) is 15.0. The van der Waals surface area contributed by atoms with Crippen LogP contribution in [0.1, 0.15) is 66.2 Å². The van der Waals surface area contributed by atoms with E-state index in [1.807, 2.05) is 32.6 Å². The summed E-state index contributed by atoms with van der Waals surface area (Å²) >= 11 is 0. The average Bonchev–Trinajstić information content (AvgIpc) is 2.86. The molecule has 0 bridgehead atoms. The smallest absolute Gasteiger partial charge is 0.305 e. The molecule has 0 aromatic heterocycles. The molecule has 0 aromatic carbocycles. The number of likely N-dealkylation sites (tertiary alicyclic amines) is 1. The van der Waals surface area contributed by atoms with Crippen LogP contribution >= 0.6 is 0 Å². The number of carbonyl (C=O) groups is 2. The van der Waals surface area contributed by atoms with Crippen molar-refractivity contribution in [2.45, 2.75) is 77.9 Å². The second kappa shape index (κ2) is 7.20. The van der Waals surface area contributed by atoms with Crippen LogP contribution in [-0.2, 0) is 19.1 Å². The van der Waals surface area contributed by atoms with Gasteiger partial charge in [-0.05, 0) is 39.0 Å². The zero-order chi connectivity index (χ0) is 17.1. The fraction of sp³-hybridized carbons (Fsp3) is 0.889. The van der Waals surface area contributed by atoms with Gasteiger partial charge in [-0.3, -0.25) is 9.59 Å². The number of hydrogen-bond donors (Lipinski definition) is 0. The standard InChI is InChI=1S/C18H31NO4/c1-5-22-15(20)8-7-14-9-11-18(23-14)10-6-12-19(13-18)16(21)17(2,3)4/h14H,5-13H2,1-4H3/t14-,18+/m1/s1. The molecule has 5 heteroatoms. The molecular weight excluding hydrogens is 294 g/mol. The number of rotatable bonds is 4. The molecule has 2 heterocycles. The van der Waals surface area contributed by atoms with Gasteiger partial charge in [0.1, 0.15) is 0 Å². The lowest BCUT2D eigenvalue weighted by molar-refractivity contribution is -0.150. The van der Waals surface area contributed by atoms with Gasteiger partial charge < -0.3 is 14.4 Å². The number of nitrogens with zero attached hydrogens (tertiary/aromatic N) is 1. The summed E-state index contributed by atoms with van der Waals surface area (Å²) in [4.78, 5) is 26.0. The predicted molar refractivity (Wildman–Crippen MR) is 88.0 cm³/mol. The third kappa shape index (κ3) is 4.69. The first-order valence-corrected chi connectivity index (χ1v) is 8.88. The second-order valence-electron chi connectivity index (χ2n) is 7.89. The molecule has 2 aliphatic rings. The average molecular weight is 325 g/mol. The molecular formula is C18H31NO4. The Kier molecular flexibility index (Phi) is 5.71. The summed E-state index contributed by atoms with van der Waals surface area (Å²) in [7, 11) is 0. The van der Waals surface area contributed by atoms with Crippen LogP contribution in [0.15, 0.2) is 0 Å². The first-order chi connectivity index (χ1) is 10.8. The molecule has 2 atom stereocenters. The SMILES string of the molecule is CCOC(=O)CC[C@@H]1CC[C@]2(CCCN(C(=O)C(C)(C)C)C2)O1. The Morgan fingerprint density at radius 1 is 1.30 bits per heavy atom. The van der Waals surface area contributed by atoms with E-state index < -0.39 is 0 Å². The van der Waals surface area contributed by atoms with Crippen molar-refractivity contribution in [1.29, 1.82) is 0 Å². The van der Waals surface area contributed by atoms with Crippen LogP contribution in [-0.4, -0.2) is 48.2 Å². The van der Waals surface area contributed by atoms with Gasteiger partial charge in [0.25, 0.3) is 0 Å². The topological polar surface area (TPSA) is 55.8 Å². The van der Waals surface area contributed by atoms with Crippen molar-refractivity contribution in [1.82, 2.24) is 4.90 Å². The Morgan fingerprint density at radius 2 is 2.04 bits per heavy atom. The van der Waals surface area contributed by atoms with E-state index >= 15 is 0 Å². The largest absolute Gasteiger partial charge is 0.466 e. The van der Waals surface area contributed by atoms with Crippen molar-refractivity contribution in [3.63, 3.8) is 0 Å². The monoisotopic (exact) mass is 325 g/mol. The molecule has 2 fully saturated rings. The summed E-state index contributed by atoms with van der Waals surface area (Å²) in [5.74, 6) is 0.0559. The van der Waals surface area contributed by atoms with Crippen LogP contribution < -0.4 is 0 Å². The van der Waals surface area contributed by atoms with Crippen molar-refractivity contribution in [2.75, 3.05) is 19.7 Å². The summed E-state index contributed by atoms with van der Waals surface area (Å²) in [6.07, 6.45) is 5.20. The van der Waals surface area contributed by atoms with Gasteiger partial charge in [0.15, 0.2) is 0 Å². The van der Waals surface area contributed by atoms with Crippen molar-refractivity contribution in [3.05, 3.63) is 0 Å². The van der Waals surface area contributed by atoms with Crippen LogP contribution in [0.25, 0.3) is 0 Å². The van der Waals surface area contributed by atoms with Gasteiger partial charge in [-0.1, -0.05) is 20.8 Å². The van der Waals surface area contributed by atoms with Gasteiger partial charge in [-0.15, -0.1) is 0 Å². The summed E-state index contributed by atoms with van der Waals surface area (Å²) in [6, 6.07) is 0. The Hall–Kier alpha value is -1.10. The normalized spacial score (nSPS) is 28.2. The van der Waals surface area contributed by atoms with Crippen LogP contribution in [0.3, 0.4) is 0 Å². The maximum atomic E-state index is 12.5. The van der Waals surface area contributed by atoms with Gasteiger partial charge in [-0.2, -0.15) is 0 Å². The number of carbonyl (C=O) groups excluding carboxylic acids is 2. The van der Waals surface area contributed by atoms with E-state index in [2.05, 4.69) is 0 Å². The minimum atomic E-state index is -0.347. The first-order valence-electron chi connectivity index (χ1n) is 8.88.